The molecule has 1 aliphatic carbocycles. The maximum atomic E-state index is 13.1. The van der Waals surface area contributed by atoms with Gasteiger partial charge in [-0.15, -0.1) is 0 Å². The van der Waals surface area contributed by atoms with E-state index in [1.807, 2.05) is 36.6 Å². The number of fused-ring (bicyclic) bond motifs is 1. The zero-order valence-electron chi connectivity index (χ0n) is 17.2. The number of carbonyl (C=O) groups is 1. The first-order valence-electron chi connectivity index (χ1n) is 9.95. The highest BCUT2D eigenvalue weighted by Gasteiger charge is 2.31. The van der Waals surface area contributed by atoms with Crippen LogP contribution in [0.25, 0.3) is 11.0 Å². The minimum absolute atomic E-state index is 0.332. The first kappa shape index (κ1) is 20.2. The number of amides is 1. The van der Waals surface area contributed by atoms with E-state index < -0.39 is 0 Å². The maximum Gasteiger partial charge on any atom is 0.308 e. The van der Waals surface area contributed by atoms with Crippen LogP contribution in [0.5, 0.6) is 0 Å². The molecule has 2 aromatic heterocycles. The summed E-state index contributed by atoms with van der Waals surface area (Å²) in [5.41, 5.74) is 4.94. The number of pyridine rings is 1. The summed E-state index contributed by atoms with van der Waals surface area (Å²) in [6, 6.07) is 10.1. The molecule has 0 spiro atoms. The van der Waals surface area contributed by atoms with Crippen molar-refractivity contribution >= 4 is 44.4 Å². The lowest BCUT2D eigenvalue weighted by molar-refractivity contribution is -0.112. The Morgan fingerprint density at radius 1 is 1.37 bits per heavy atom. The molecule has 1 fully saturated rings. The van der Waals surface area contributed by atoms with E-state index in [4.69, 9.17) is 4.98 Å². The van der Waals surface area contributed by atoms with E-state index in [-0.39, 0.29) is 5.91 Å². The fourth-order valence-corrected chi connectivity index (χ4v) is 4.08. The van der Waals surface area contributed by atoms with Crippen molar-refractivity contribution in [2.45, 2.75) is 46.1 Å². The number of aryl methyl sites for hydroxylation is 2. The summed E-state index contributed by atoms with van der Waals surface area (Å²) >= 11 is 3.63. The van der Waals surface area contributed by atoms with Crippen LogP contribution in [0.15, 0.2) is 34.9 Å². The number of halogens is 1. The molecule has 1 saturated carbocycles. The monoisotopic (exact) mass is 460 g/mol. The zero-order chi connectivity index (χ0) is 21.4. The van der Waals surface area contributed by atoms with Crippen LogP contribution in [0.2, 0.25) is 0 Å². The van der Waals surface area contributed by atoms with Gasteiger partial charge in [0.05, 0.1) is 16.8 Å². The van der Waals surface area contributed by atoms with Gasteiger partial charge >= 0.3 is 5.91 Å². The van der Waals surface area contributed by atoms with Gasteiger partial charge in [0.2, 0.25) is 0 Å². The first-order valence-corrected chi connectivity index (χ1v) is 10.7. The van der Waals surface area contributed by atoms with Gasteiger partial charge in [0, 0.05) is 17.2 Å². The van der Waals surface area contributed by atoms with Crippen LogP contribution < -0.4 is 4.90 Å². The second-order valence-electron chi connectivity index (χ2n) is 7.43. The van der Waals surface area contributed by atoms with E-state index in [2.05, 4.69) is 39.9 Å². The Labute approximate surface area is 184 Å². The summed E-state index contributed by atoms with van der Waals surface area (Å²) in [6.45, 7) is 6.41. The molecule has 0 aliphatic heterocycles. The highest BCUT2D eigenvalue weighted by molar-refractivity contribution is 9.10. The number of aromatic nitrogens is 2. The molecular formula is C24H21BrN4O. The first-order chi connectivity index (χ1) is 14.5. The van der Waals surface area contributed by atoms with Crippen molar-refractivity contribution in [2.75, 3.05) is 4.90 Å². The summed E-state index contributed by atoms with van der Waals surface area (Å²) < 4.78 is 3.01. The minimum atomic E-state index is -0.332. The van der Waals surface area contributed by atoms with Gasteiger partial charge in [0.25, 0.3) is 0 Å². The molecule has 1 amide bonds. The molecule has 0 saturated heterocycles. The Hall–Kier alpha value is -3.09. The van der Waals surface area contributed by atoms with E-state index in [1.54, 1.807) is 18.0 Å². The van der Waals surface area contributed by atoms with Crippen LogP contribution >= 0.6 is 15.9 Å². The fourth-order valence-electron chi connectivity index (χ4n) is 3.72. The van der Waals surface area contributed by atoms with Crippen molar-refractivity contribution in [3.8, 4) is 17.9 Å². The molecule has 0 bridgehead atoms. The van der Waals surface area contributed by atoms with Gasteiger partial charge in [0.1, 0.15) is 17.4 Å². The average Bonchev–Trinajstić information content (AvgIpc) is 3.51. The Morgan fingerprint density at radius 2 is 2.13 bits per heavy atom. The topological polar surface area (TPSA) is 61.9 Å². The summed E-state index contributed by atoms with van der Waals surface area (Å²) in [4.78, 5) is 19.5. The minimum Gasteiger partial charge on any atom is -0.345 e. The van der Waals surface area contributed by atoms with Gasteiger partial charge in [-0.1, -0.05) is 21.9 Å². The highest BCUT2D eigenvalue weighted by atomic mass is 79.9. The molecule has 150 valence electrons. The molecule has 0 unspecified atom stereocenters. The predicted molar refractivity (Wildman–Crippen MR) is 122 cm³/mol. The lowest BCUT2D eigenvalue weighted by Gasteiger charge is -2.24. The Balaban J connectivity index is 1.95. The van der Waals surface area contributed by atoms with Crippen LogP contribution in [-0.4, -0.2) is 15.5 Å². The molecule has 0 N–H and O–H groups in total. The number of hydrogen-bond acceptors (Lipinski definition) is 3. The lowest BCUT2D eigenvalue weighted by atomic mass is 10.0. The lowest BCUT2D eigenvalue weighted by Crippen LogP contribution is -2.26. The van der Waals surface area contributed by atoms with Crippen molar-refractivity contribution in [3.63, 3.8) is 0 Å². The number of hydrogen-bond donors (Lipinski definition) is 0. The third kappa shape index (κ3) is 3.49. The van der Waals surface area contributed by atoms with Gasteiger partial charge in [-0.05, 0) is 80.8 Å². The Kier molecular flexibility index (Phi) is 5.37. The molecule has 0 radical (unpaired) electrons. The standard InChI is InChI=1S/C24H21BrN4O/c1-4-6-23(30)29(21-11-15(3)19(25)12-18(21)16-7-8-16)22-10-9-20-24(27-22)17(13-26)14-28(20)5-2/h9-12,14,16H,5,7-8H2,1-3H3. The van der Waals surface area contributed by atoms with Gasteiger partial charge < -0.3 is 4.57 Å². The van der Waals surface area contributed by atoms with Gasteiger partial charge in [-0.2, -0.15) is 5.26 Å². The van der Waals surface area contributed by atoms with Crippen LogP contribution in [0.4, 0.5) is 11.5 Å². The van der Waals surface area contributed by atoms with Crippen LogP contribution in [0.1, 0.15) is 49.3 Å². The largest absolute Gasteiger partial charge is 0.345 e. The second kappa shape index (κ2) is 7.97. The number of rotatable bonds is 4. The predicted octanol–water partition coefficient (Wildman–Crippen LogP) is 5.56. The second-order valence-corrected chi connectivity index (χ2v) is 8.28. The quantitative estimate of drug-likeness (QED) is 0.478. The smallest absolute Gasteiger partial charge is 0.308 e. The number of benzene rings is 1. The SMILES string of the molecule is CC#CC(=O)N(c1ccc2c(n1)c(C#N)cn2CC)c1cc(C)c(Br)cc1C1CC1. The fraction of sp³-hybridized carbons (Fsp3) is 0.292. The molecular weight excluding hydrogens is 440 g/mol. The van der Waals surface area contributed by atoms with Crippen molar-refractivity contribution in [2.24, 2.45) is 0 Å². The molecule has 5 nitrogen and oxygen atoms in total. The highest BCUT2D eigenvalue weighted by Crippen LogP contribution is 2.47. The maximum absolute atomic E-state index is 13.1. The van der Waals surface area contributed by atoms with E-state index in [0.29, 0.717) is 22.8 Å². The number of nitrogens with zero attached hydrogens (tertiary/aromatic N) is 4. The van der Waals surface area contributed by atoms with Crippen molar-refractivity contribution in [3.05, 3.63) is 51.6 Å². The summed E-state index contributed by atoms with van der Waals surface area (Å²) in [6.07, 6.45) is 4.02. The van der Waals surface area contributed by atoms with Gasteiger partial charge in [-0.25, -0.2) is 4.98 Å². The van der Waals surface area contributed by atoms with Gasteiger partial charge in [0.15, 0.2) is 0 Å². The average molecular weight is 461 g/mol. The number of anilines is 2. The van der Waals surface area contributed by atoms with E-state index in [9.17, 15) is 10.1 Å². The third-order valence-electron chi connectivity index (χ3n) is 5.40. The Morgan fingerprint density at radius 3 is 2.77 bits per heavy atom. The summed E-state index contributed by atoms with van der Waals surface area (Å²) in [5, 5.41) is 9.57. The van der Waals surface area contributed by atoms with Crippen molar-refractivity contribution in [1.29, 1.82) is 5.26 Å². The van der Waals surface area contributed by atoms with Crippen LogP contribution in [0.3, 0.4) is 0 Å². The molecule has 1 aromatic carbocycles. The molecule has 4 rings (SSSR count). The van der Waals surface area contributed by atoms with Crippen molar-refractivity contribution < 1.29 is 4.79 Å². The van der Waals surface area contributed by atoms with Crippen LogP contribution in [0, 0.1) is 30.1 Å². The molecule has 6 heteroatoms. The Bertz CT molecular complexity index is 1270. The summed E-state index contributed by atoms with van der Waals surface area (Å²) in [5.74, 6) is 5.96. The third-order valence-corrected chi connectivity index (χ3v) is 6.25. The van der Waals surface area contributed by atoms with E-state index >= 15 is 0 Å². The van der Waals surface area contributed by atoms with Gasteiger partial charge in [-0.3, -0.25) is 9.69 Å². The van der Waals surface area contributed by atoms with E-state index in [0.717, 1.165) is 46.2 Å². The number of nitriles is 1. The zero-order valence-corrected chi connectivity index (χ0v) is 18.7. The normalized spacial score (nSPS) is 12.9. The molecule has 1 aliphatic rings. The molecule has 0 atom stereocenters. The van der Waals surface area contributed by atoms with Crippen molar-refractivity contribution in [1.82, 2.24) is 9.55 Å². The van der Waals surface area contributed by atoms with Crippen LogP contribution in [-0.2, 0) is 11.3 Å². The van der Waals surface area contributed by atoms with E-state index in [1.165, 1.54) is 0 Å². The molecule has 3 aromatic rings. The molecule has 2 heterocycles. The molecule has 30 heavy (non-hydrogen) atoms. The summed E-state index contributed by atoms with van der Waals surface area (Å²) in [7, 11) is 0. The number of carbonyl (C=O) groups excluding carboxylic acids is 1.